The molecular weight excluding hydrogens is 335 g/mol. The molecule has 0 bridgehead atoms. The maximum absolute atomic E-state index is 13.3. The van der Waals surface area contributed by atoms with Crippen LogP contribution < -0.4 is 0 Å². The van der Waals surface area contributed by atoms with Gasteiger partial charge in [-0.25, -0.2) is 4.39 Å². The van der Waals surface area contributed by atoms with Gasteiger partial charge in [-0.1, -0.05) is 12.1 Å². The maximum atomic E-state index is 13.3. The number of benzene rings is 1. The van der Waals surface area contributed by atoms with Crippen molar-refractivity contribution < 1.29 is 18.7 Å². The van der Waals surface area contributed by atoms with Gasteiger partial charge in [-0.15, -0.1) is 0 Å². The fourth-order valence-corrected chi connectivity index (χ4v) is 3.93. The Morgan fingerprint density at radius 2 is 1.77 bits per heavy atom. The van der Waals surface area contributed by atoms with Crippen LogP contribution in [0.2, 0.25) is 0 Å². The number of carbonyl (C=O) groups excluding carboxylic acids is 2. The van der Waals surface area contributed by atoms with Gasteiger partial charge in [0.1, 0.15) is 5.82 Å². The smallest absolute Gasteiger partial charge is 0.226 e. The Morgan fingerprint density at radius 1 is 1.12 bits per heavy atom. The molecular formula is C20H27FN2O3. The summed E-state index contributed by atoms with van der Waals surface area (Å²) >= 11 is 0. The predicted molar refractivity (Wildman–Crippen MR) is 96.0 cm³/mol. The van der Waals surface area contributed by atoms with Gasteiger partial charge in [0.25, 0.3) is 0 Å². The highest BCUT2D eigenvalue weighted by atomic mass is 19.1. The number of halogens is 1. The van der Waals surface area contributed by atoms with E-state index < -0.39 is 0 Å². The third-order valence-electron chi connectivity index (χ3n) is 5.17. The van der Waals surface area contributed by atoms with Gasteiger partial charge in [-0.05, 0) is 44.4 Å². The van der Waals surface area contributed by atoms with Crippen LogP contribution in [0.3, 0.4) is 0 Å². The predicted octanol–water partition coefficient (Wildman–Crippen LogP) is 2.24. The molecule has 2 amide bonds. The second kappa shape index (κ2) is 8.16. The van der Waals surface area contributed by atoms with Crippen molar-refractivity contribution in [2.24, 2.45) is 5.92 Å². The van der Waals surface area contributed by atoms with Crippen LogP contribution in [0.1, 0.15) is 32.3 Å². The number of nitrogens with zero attached hydrogens (tertiary/aromatic N) is 2. The van der Waals surface area contributed by atoms with E-state index in [1.165, 1.54) is 12.1 Å². The molecule has 0 saturated carbocycles. The molecule has 2 heterocycles. The zero-order chi connectivity index (χ0) is 18.7. The summed E-state index contributed by atoms with van der Waals surface area (Å²) in [7, 11) is 0. The summed E-state index contributed by atoms with van der Waals surface area (Å²) < 4.78 is 18.9. The minimum atomic E-state index is -0.325. The summed E-state index contributed by atoms with van der Waals surface area (Å²) in [5, 5.41) is 0. The highest BCUT2D eigenvalue weighted by Crippen LogP contribution is 2.23. The molecule has 1 aromatic rings. The van der Waals surface area contributed by atoms with Gasteiger partial charge in [0.15, 0.2) is 0 Å². The van der Waals surface area contributed by atoms with Crippen LogP contribution in [0.15, 0.2) is 24.3 Å². The molecule has 2 saturated heterocycles. The lowest BCUT2D eigenvalue weighted by atomic mass is 9.94. The Labute approximate surface area is 154 Å². The lowest BCUT2D eigenvalue weighted by Crippen LogP contribution is -2.51. The van der Waals surface area contributed by atoms with Crippen molar-refractivity contribution in [2.75, 3.05) is 26.2 Å². The number of carbonyl (C=O) groups is 2. The van der Waals surface area contributed by atoms with E-state index in [9.17, 15) is 14.0 Å². The first kappa shape index (κ1) is 18.8. The Morgan fingerprint density at radius 3 is 2.38 bits per heavy atom. The number of likely N-dealkylation sites (tertiary alicyclic amines) is 1. The van der Waals surface area contributed by atoms with Crippen LogP contribution in [-0.2, 0) is 20.7 Å². The third-order valence-corrected chi connectivity index (χ3v) is 5.17. The second-order valence-electron chi connectivity index (χ2n) is 7.46. The van der Waals surface area contributed by atoms with E-state index in [1.807, 2.05) is 18.7 Å². The summed E-state index contributed by atoms with van der Waals surface area (Å²) in [6.07, 6.45) is 1.71. The van der Waals surface area contributed by atoms with E-state index in [0.29, 0.717) is 44.6 Å². The topological polar surface area (TPSA) is 49.9 Å². The molecule has 2 aliphatic rings. The fraction of sp³-hybridized carbons (Fsp3) is 0.600. The summed E-state index contributed by atoms with van der Waals surface area (Å²) in [6.45, 7) is 6.43. The molecule has 3 rings (SSSR count). The van der Waals surface area contributed by atoms with E-state index >= 15 is 0 Å². The van der Waals surface area contributed by atoms with Crippen molar-refractivity contribution in [3.63, 3.8) is 0 Å². The zero-order valence-electron chi connectivity index (χ0n) is 15.5. The van der Waals surface area contributed by atoms with Gasteiger partial charge < -0.3 is 14.5 Å². The van der Waals surface area contributed by atoms with Gasteiger partial charge in [0, 0.05) is 32.1 Å². The Bertz CT molecular complexity index is 648. The molecule has 26 heavy (non-hydrogen) atoms. The van der Waals surface area contributed by atoms with E-state index in [0.717, 1.165) is 0 Å². The molecule has 2 aliphatic heterocycles. The first-order valence-corrected chi connectivity index (χ1v) is 9.39. The monoisotopic (exact) mass is 362 g/mol. The molecule has 2 fully saturated rings. The molecule has 0 N–H and O–H groups in total. The molecule has 1 aromatic carbocycles. The molecule has 5 nitrogen and oxygen atoms in total. The zero-order valence-corrected chi connectivity index (χ0v) is 15.5. The van der Waals surface area contributed by atoms with Crippen LogP contribution >= 0.6 is 0 Å². The lowest BCUT2D eigenvalue weighted by Gasteiger charge is -2.39. The van der Waals surface area contributed by atoms with Crippen molar-refractivity contribution >= 4 is 11.8 Å². The second-order valence-corrected chi connectivity index (χ2v) is 7.46. The quantitative estimate of drug-likeness (QED) is 0.829. The van der Waals surface area contributed by atoms with E-state index in [2.05, 4.69) is 0 Å². The van der Waals surface area contributed by atoms with Crippen molar-refractivity contribution in [2.45, 2.75) is 45.3 Å². The minimum absolute atomic E-state index is 0.00452. The highest BCUT2D eigenvalue weighted by Gasteiger charge is 2.33. The molecule has 142 valence electrons. The average Bonchev–Trinajstić information content (AvgIpc) is 2.60. The van der Waals surface area contributed by atoms with Gasteiger partial charge in [-0.2, -0.15) is 0 Å². The first-order valence-electron chi connectivity index (χ1n) is 9.39. The van der Waals surface area contributed by atoms with Gasteiger partial charge >= 0.3 is 0 Å². The summed E-state index contributed by atoms with van der Waals surface area (Å²) in [5.74, 6) is -0.168. The standard InChI is InChI=1S/C20H27FN2O3/c1-14-12-23(13-15(2)26-14)20(25)17-6-8-22(9-7-17)19(24)11-16-4-3-5-18(21)10-16/h3-5,10,14-15,17H,6-9,11-13H2,1-2H3/t14-,15-/m0/s1. The molecule has 2 atom stereocenters. The minimum Gasteiger partial charge on any atom is -0.372 e. The van der Waals surface area contributed by atoms with Crippen LogP contribution in [-0.4, -0.2) is 60.0 Å². The first-order chi connectivity index (χ1) is 12.4. The number of piperidine rings is 1. The van der Waals surface area contributed by atoms with Crippen LogP contribution in [0, 0.1) is 11.7 Å². The van der Waals surface area contributed by atoms with Crippen LogP contribution in [0.4, 0.5) is 4.39 Å². The van der Waals surface area contributed by atoms with Crippen molar-refractivity contribution in [3.05, 3.63) is 35.6 Å². The SMILES string of the molecule is C[C@H]1CN(C(=O)C2CCN(C(=O)Cc3cccc(F)c3)CC2)C[C@H](C)O1. The molecule has 0 unspecified atom stereocenters. The summed E-state index contributed by atoms with van der Waals surface area (Å²) in [6, 6.07) is 6.15. The van der Waals surface area contributed by atoms with Crippen molar-refractivity contribution in [1.29, 1.82) is 0 Å². The van der Waals surface area contributed by atoms with Crippen LogP contribution in [0.5, 0.6) is 0 Å². The molecule has 0 spiro atoms. The van der Waals surface area contributed by atoms with Crippen molar-refractivity contribution in [3.8, 4) is 0 Å². The number of hydrogen-bond acceptors (Lipinski definition) is 3. The lowest BCUT2D eigenvalue weighted by molar-refractivity contribution is -0.150. The third kappa shape index (κ3) is 4.61. The number of ether oxygens (including phenoxy) is 1. The Hall–Kier alpha value is -1.95. The molecule has 0 aliphatic carbocycles. The Kier molecular flexibility index (Phi) is 5.91. The summed E-state index contributed by atoms with van der Waals surface area (Å²) in [5.41, 5.74) is 0.685. The maximum Gasteiger partial charge on any atom is 0.226 e. The van der Waals surface area contributed by atoms with Gasteiger partial charge in [0.05, 0.1) is 18.6 Å². The normalized spacial score (nSPS) is 24.6. The van der Waals surface area contributed by atoms with E-state index in [1.54, 1.807) is 17.0 Å². The fourth-order valence-electron chi connectivity index (χ4n) is 3.93. The molecule has 0 radical (unpaired) electrons. The molecule has 6 heteroatoms. The highest BCUT2D eigenvalue weighted by molar-refractivity contribution is 5.81. The van der Waals surface area contributed by atoms with Gasteiger partial charge in [0.2, 0.25) is 11.8 Å². The largest absolute Gasteiger partial charge is 0.372 e. The van der Waals surface area contributed by atoms with Crippen molar-refractivity contribution in [1.82, 2.24) is 9.80 Å². The molecule has 0 aromatic heterocycles. The number of morpholine rings is 1. The van der Waals surface area contributed by atoms with E-state index in [4.69, 9.17) is 4.74 Å². The number of amides is 2. The Balaban J connectivity index is 1.50. The number of rotatable bonds is 3. The average molecular weight is 362 g/mol. The van der Waals surface area contributed by atoms with E-state index in [-0.39, 0.29) is 42.2 Å². The van der Waals surface area contributed by atoms with Crippen LogP contribution in [0.25, 0.3) is 0 Å². The summed E-state index contributed by atoms with van der Waals surface area (Å²) in [4.78, 5) is 28.9. The van der Waals surface area contributed by atoms with Gasteiger partial charge in [-0.3, -0.25) is 9.59 Å². The number of hydrogen-bond donors (Lipinski definition) is 0.